The molecule has 9 amide bonds. The molecule has 2 bridgehead atoms. The predicted octanol–water partition coefficient (Wildman–Crippen LogP) is 5.47. The number of nitrogens with zero attached hydrogens (tertiary/aromatic N) is 2. The molecule has 17 atom stereocenters. The average Bonchev–Trinajstić information content (AvgIpc) is 1.58. The molecule has 3 aliphatic rings. The smallest absolute Gasteiger partial charge is 0.328 e. The predicted molar refractivity (Wildman–Crippen MR) is 473 cm³/mol. The number of hydrogen-bond acceptors (Lipinski definition) is 24. The molecule has 5 aromatic rings. The number of rotatable bonds is 31. The number of anilines is 1. The molecule has 0 spiro atoms. The average molecular weight is 1770 g/mol. The highest BCUT2D eigenvalue weighted by atomic mass is 35.5. The van der Waals surface area contributed by atoms with E-state index in [1.807, 2.05) is 86.7 Å². The number of aliphatic hydroxyl groups is 4. The number of carbonyl (C=O) groups is 10. The molecule has 662 valence electrons. The number of allylic oxidation sites excluding steroid dienone is 3. The van der Waals surface area contributed by atoms with Gasteiger partial charge in [0.25, 0.3) is 0 Å². The Balaban J connectivity index is 0.967. The minimum absolute atomic E-state index is 0.00561. The number of halogens is 1. The van der Waals surface area contributed by atoms with Gasteiger partial charge in [-0.05, 0) is 145 Å². The number of nitrogens with two attached hydrogens (primary N) is 1. The molecular weight excluding hydrogens is 1650 g/mol. The van der Waals surface area contributed by atoms with Gasteiger partial charge in [0.1, 0.15) is 70.9 Å². The summed E-state index contributed by atoms with van der Waals surface area (Å²) in [6.07, 6.45) is 3.75. The molecule has 1 aromatic heterocycles. The minimum Gasteiger partial charge on any atom is -0.495 e. The van der Waals surface area contributed by atoms with Crippen LogP contribution in [0.3, 0.4) is 0 Å². The minimum atomic E-state index is -1.72. The quantitative estimate of drug-likeness (QED) is 0.0113. The molecule has 2 fully saturated rings. The number of amides is 9. The zero-order chi connectivity index (χ0) is 88.0. The first-order valence-electron chi connectivity index (χ1n) is 40.8. The summed E-state index contributed by atoms with van der Waals surface area (Å²) in [5.41, 5.74) is 9.68. The lowest BCUT2D eigenvalue weighted by molar-refractivity contribution is -0.162. The molecule has 4 aromatic carbocycles. The Bertz CT molecular complexity index is 4340. The number of aromatic nitrogens is 1. The van der Waals surface area contributed by atoms with Gasteiger partial charge in [-0.1, -0.05) is 164 Å². The van der Waals surface area contributed by atoms with Crippen LogP contribution in [0.1, 0.15) is 115 Å². The number of methoxy groups -OCH3 is 2. The van der Waals surface area contributed by atoms with Crippen molar-refractivity contribution in [2.24, 2.45) is 11.7 Å². The SMILES string of the molecule is COc1cc2cc(c1Cl)N(C)C(=O)C[C@H](OC(=O)[C@H](C)N(C)C(=O)CCSSCCCN[C@H](Cc1ccccc1)C(=O)N[C@H]1CSSC[C@@H](C(=O)N[C@H](CO)[C@@H](C)O)NC(=O)[C@H]([C@@H](C)O)NC(=O)[C@H](CCCCN)NC(=O)[C@@H](Cc3c[nH]c4ccccc34)NC(=O)[C@H](Cc3ccccc3)NC1=O)[C@]1(C)O[C@H]1[C@H](C)CCC(O)[C@H](OC)/C=C/C=C(\C)C2. The topological polar surface area (TPSA) is 436 Å². The van der Waals surface area contributed by atoms with E-state index in [1.165, 1.54) is 66.5 Å². The maximum atomic E-state index is 15.3. The van der Waals surface area contributed by atoms with Gasteiger partial charge in [-0.25, -0.2) is 4.79 Å². The van der Waals surface area contributed by atoms with E-state index in [1.54, 1.807) is 69.6 Å². The summed E-state index contributed by atoms with van der Waals surface area (Å²) in [6, 6.07) is 16.9. The van der Waals surface area contributed by atoms with Gasteiger partial charge >= 0.3 is 5.97 Å². The number of likely N-dealkylation sites (N-methyl/N-ethyl adjacent to an activating group) is 1. The summed E-state index contributed by atoms with van der Waals surface area (Å²) in [4.78, 5) is 152. The van der Waals surface area contributed by atoms with Gasteiger partial charge in [0, 0.05) is 80.6 Å². The van der Waals surface area contributed by atoms with Crippen molar-refractivity contribution in [3.05, 3.63) is 154 Å². The highest BCUT2D eigenvalue weighted by molar-refractivity contribution is 8.77. The number of fused-ring (bicyclic) bond motifs is 4. The fraction of sp³-hybridized carbons (Fsp3) is 0.535. The first-order chi connectivity index (χ1) is 57.9. The standard InChI is InChI=1S/C86H119ClN12O18S4/c1-50-23-21-31-70(114-9)69(103)33-32-51(2)77-86(6,117-77)72(45-74(105)99(8)68-42-57(39-50)43-71(115-10)75(68)87)116-85(113)52(3)98(7)73(104)34-38-119-118-37-22-36-89-62(40-55-24-13-11-14-25-55)79(107)95-66-48-120-121-49-67(83(111)94-65(47-100)53(4)101)96-84(112)76(54(5)102)97-78(106)61(30-19-20-35-88)91-81(109)64(44-58-46-90-60-29-18-17-28-59(58)60)93-80(108)63(92-82(66)110)41-56-26-15-12-16-27-56/h11-18,21,23-29,31,42-43,46,51-54,61-67,69-70,72,76-77,89-90,100-103H,19-20,22,30,32-41,44-45,47-49,88H2,1-10H3,(H,91,109)(H,92,110)(H,93,108)(H,94,111)(H,95,107)(H,96,112)(H,97,106)/b31-21+,50-23+/t51-,52+,53-,54-,61+,62-,63+,64-,65-,66+,67+,69?,70-,72+,76+,77+,86+/m1/s1. The van der Waals surface area contributed by atoms with Crippen molar-refractivity contribution in [2.45, 2.75) is 215 Å². The normalized spacial score (nSPS) is 25.3. The van der Waals surface area contributed by atoms with Crippen LogP contribution in [-0.2, 0) is 87.8 Å². The van der Waals surface area contributed by atoms with E-state index in [4.69, 9.17) is 36.3 Å². The van der Waals surface area contributed by atoms with E-state index in [-0.39, 0.29) is 73.4 Å². The first-order valence-corrected chi connectivity index (χ1v) is 46.2. The summed E-state index contributed by atoms with van der Waals surface area (Å²) in [7, 11) is 11.1. The van der Waals surface area contributed by atoms with E-state index in [0.717, 1.165) is 49.2 Å². The van der Waals surface area contributed by atoms with Crippen LogP contribution < -0.4 is 57.9 Å². The Morgan fingerprint density at radius 3 is 2.14 bits per heavy atom. The number of epoxide rings is 1. The fourth-order valence-electron chi connectivity index (χ4n) is 14.2. The molecule has 0 aliphatic carbocycles. The highest BCUT2D eigenvalue weighted by Crippen LogP contribution is 2.48. The van der Waals surface area contributed by atoms with Crippen molar-refractivity contribution in [2.75, 3.05) is 75.9 Å². The number of aliphatic hydroxyl groups excluding tert-OH is 4. The van der Waals surface area contributed by atoms with Gasteiger partial charge < -0.3 is 102 Å². The van der Waals surface area contributed by atoms with Gasteiger partial charge in [0.2, 0.25) is 53.2 Å². The van der Waals surface area contributed by atoms with Gasteiger partial charge in [0.05, 0.1) is 62.3 Å². The summed E-state index contributed by atoms with van der Waals surface area (Å²) in [5, 5.41) is 66.6. The maximum absolute atomic E-state index is 15.3. The Kier molecular flexibility index (Phi) is 39.5. The third-order valence-corrected chi connectivity index (χ3v) is 27.1. The second-order valence-electron chi connectivity index (χ2n) is 31.1. The number of para-hydroxylation sites is 1. The van der Waals surface area contributed by atoms with Gasteiger partial charge in [0.15, 0.2) is 0 Å². The van der Waals surface area contributed by atoms with Crippen LogP contribution >= 0.6 is 54.8 Å². The van der Waals surface area contributed by atoms with Crippen molar-refractivity contribution >= 4 is 131 Å². The van der Waals surface area contributed by atoms with Crippen molar-refractivity contribution in [1.29, 1.82) is 0 Å². The van der Waals surface area contributed by atoms with Crippen LogP contribution in [0.25, 0.3) is 10.9 Å². The summed E-state index contributed by atoms with van der Waals surface area (Å²) < 4.78 is 24.0. The fourth-order valence-corrected chi connectivity index (χ4v) is 18.9. The number of carbonyl (C=O) groups excluding carboxylic acids is 10. The van der Waals surface area contributed by atoms with Crippen LogP contribution in [-0.4, -0.2) is 257 Å². The molecular formula is C86H119ClN12O18S4. The lowest BCUT2D eigenvalue weighted by Crippen LogP contribution is -2.62. The number of hydrogen-bond donors (Lipinski definition) is 14. The third kappa shape index (κ3) is 29.2. The molecule has 0 saturated carbocycles. The van der Waals surface area contributed by atoms with Gasteiger partial charge in [-0.2, -0.15) is 0 Å². The van der Waals surface area contributed by atoms with Gasteiger partial charge in [-0.15, -0.1) is 0 Å². The van der Waals surface area contributed by atoms with Crippen molar-refractivity contribution < 1.29 is 87.3 Å². The summed E-state index contributed by atoms with van der Waals surface area (Å²) >= 11 is 6.89. The van der Waals surface area contributed by atoms with E-state index in [0.29, 0.717) is 79.1 Å². The van der Waals surface area contributed by atoms with E-state index in [9.17, 15) is 49.2 Å². The number of ether oxygens (including phenoxy) is 4. The largest absolute Gasteiger partial charge is 0.495 e. The number of aromatic amines is 1. The Morgan fingerprint density at radius 2 is 1.46 bits per heavy atom. The molecule has 35 heteroatoms. The van der Waals surface area contributed by atoms with Crippen molar-refractivity contribution in [3.63, 3.8) is 0 Å². The van der Waals surface area contributed by atoms with Crippen LogP contribution in [0, 0.1) is 5.92 Å². The number of esters is 1. The monoisotopic (exact) mass is 1770 g/mol. The molecule has 0 radical (unpaired) electrons. The maximum Gasteiger partial charge on any atom is 0.328 e. The molecule has 2 saturated heterocycles. The van der Waals surface area contributed by atoms with E-state index >= 15 is 19.2 Å². The molecule has 4 heterocycles. The lowest BCUT2D eigenvalue weighted by Gasteiger charge is -2.29. The Morgan fingerprint density at radius 1 is 0.810 bits per heavy atom. The summed E-state index contributed by atoms with van der Waals surface area (Å²) in [6.45, 7) is 9.72. The summed E-state index contributed by atoms with van der Waals surface area (Å²) in [5.74, 6) is -6.64. The second kappa shape index (κ2) is 48.7. The molecule has 8 rings (SSSR count). The number of benzene rings is 4. The lowest BCUT2D eigenvalue weighted by atomic mass is 9.87. The molecule has 15 N–H and O–H groups in total. The first kappa shape index (κ1) is 98.2. The highest BCUT2D eigenvalue weighted by Gasteiger charge is 2.62. The van der Waals surface area contributed by atoms with E-state index < -0.39 is 156 Å². The zero-order valence-electron chi connectivity index (χ0n) is 70.2. The van der Waals surface area contributed by atoms with E-state index in [2.05, 4.69) is 47.5 Å². The molecule has 1 unspecified atom stereocenters. The molecule has 30 nitrogen and oxygen atoms in total. The van der Waals surface area contributed by atoms with Crippen LogP contribution in [0.5, 0.6) is 5.75 Å². The zero-order valence-corrected chi connectivity index (χ0v) is 74.2. The van der Waals surface area contributed by atoms with Crippen molar-refractivity contribution in [1.82, 2.24) is 52.4 Å². The second-order valence-corrected chi connectivity index (χ2v) is 36.8. The number of nitrogens with one attached hydrogen (secondary N) is 9. The Hall–Kier alpha value is -8.23. The van der Waals surface area contributed by atoms with Crippen LogP contribution in [0.4, 0.5) is 5.69 Å². The molecule has 3 aliphatic heterocycles. The number of unbranched alkanes of at least 4 members (excludes halogenated alkanes) is 1. The Labute approximate surface area is 728 Å². The number of H-pyrrole nitrogens is 1. The third-order valence-electron chi connectivity index (χ3n) is 21.8. The van der Waals surface area contributed by atoms with Gasteiger partial charge in [-0.3, -0.25) is 43.2 Å². The van der Waals surface area contributed by atoms with Crippen LogP contribution in [0.15, 0.2) is 127 Å². The van der Waals surface area contributed by atoms with Crippen molar-refractivity contribution in [3.8, 4) is 5.75 Å². The molecule has 121 heavy (non-hydrogen) atoms. The van der Waals surface area contributed by atoms with Crippen LogP contribution in [0.2, 0.25) is 5.02 Å².